The maximum atomic E-state index is 12.7. The van der Waals surface area contributed by atoms with Crippen molar-refractivity contribution in [2.75, 3.05) is 13.1 Å². The summed E-state index contributed by atoms with van der Waals surface area (Å²) in [5.41, 5.74) is -7.08. The Balaban J connectivity index is 2.30. The maximum absolute atomic E-state index is 12.7. The summed E-state index contributed by atoms with van der Waals surface area (Å²) in [6, 6.07) is 0. The van der Waals surface area contributed by atoms with Crippen LogP contribution in [0.15, 0.2) is 23.5 Å². The number of fused-ring (bicyclic) bond motifs is 1. The Morgan fingerprint density at radius 1 is 1.14 bits per heavy atom. The minimum atomic E-state index is -5.75. The van der Waals surface area contributed by atoms with Crippen LogP contribution in [0.3, 0.4) is 0 Å². The highest BCUT2D eigenvalue weighted by atomic mass is 32.2. The quantitative estimate of drug-likeness (QED) is 0.374. The molecule has 0 fully saturated rings. The Bertz CT molecular complexity index is 821. The molecule has 0 N–H and O–H groups in total. The second-order valence-electron chi connectivity index (χ2n) is 8.92. The van der Waals surface area contributed by atoms with Crippen molar-refractivity contribution in [3.63, 3.8) is 0 Å². The van der Waals surface area contributed by atoms with Crippen LogP contribution in [0.2, 0.25) is 0 Å². The van der Waals surface area contributed by atoms with Crippen molar-refractivity contribution in [3.05, 3.63) is 23.5 Å². The first kappa shape index (κ1) is 22.6. The molecule has 0 saturated carbocycles. The number of rotatable bonds is 2. The molecule has 0 saturated heterocycles. The van der Waals surface area contributed by atoms with Crippen LogP contribution in [-0.4, -0.2) is 43.6 Å². The third kappa shape index (κ3) is 4.31. The van der Waals surface area contributed by atoms with Crippen LogP contribution in [0.25, 0.3) is 0 Å². The number of nitrogens with zero attached hydrogens (tertiary/aromatic N) is 1. The third-order valence-electron chi connectivity index (χ3n) is 4.87. The van der Waals surface area contributed by atoms with Crippen LogP contribution >= 0.6 is 0 Å². The highest BCUT2D eigenvalue weighted by Crippen LogP contribution is 2.53. The number of carbonyl (C=O) groups is 1. The number of hydrogen-bond acceptors (Lipinski definition) is 5. The smallest absolute Gasteiger partial charge is 0.444 e. The van der Waals surface area contributed by atoms with E-state index in [2.05, 4.69) is 4.18 Å². The van der Waals surface area contributed by atoms with Gasteiger partial charge in [0.2, 0.25) is 0 Å². The summed E-state index contributed by atoms with van der Waals surface area (Å²) >= 11 is 0. The Kier molecular flexibility index (Phi) is 5.38. The van der Waals surface area contributed by atoms with E-state index in [0.29, 0.717) is 6.54 Å². The molecule has 1 atom stereocenters. The average Bonchev–Trinajstić information content (AvgIpc) is 2.47. The molecule has 2 rings (SSSR count). The molecular weight excluding hydrogens is 399 g/mol. The highest BCUT2D eigenvalue weighted by Gasteiger charge is 2.53. The van der Waals surface area contributed by atoms with Crippen molar-refractivity contribution >= 4 is 16.2 Å². The van der Waals surface area contributed by atoms with Crippen LogP contribution in [0, 0.1) is 10.8 Å². The molecule has 6 nitrogen and oxygen atoms in total. The number of amides is 1. The highest BCUT2D eigenvalue weighted by molar-refractivity contribution is 7.87. The predicted octanol–water partition coefficient (Wildman–Crippen LogP) is 4.35. The molecule has 0 aromatic rings. The van der Waals surface area contributed by atoms with Gasteiger partial charge < -0.3 is 13.8 Å². The molecule has 1 amide bonds. The number of alkyl halides is 3. The van der Waals surface area contributed by atoms with Crippen molar-refractivity contribution in [1.29, 1.82) is 0 Å². The molecule has 160 valence electrons. The minimum absolute atomic E-state index is 0.211. The van der Waals surface area contributed by atoms with Gasteiger partial charge in [0.1, 0.15) is 11.4 Å². The SMILES string of the molecule is CC(C)(C)OC(=O)N1CC=C2C(C)(C)C(OS(=O)(=O)C(F)(F)F)=CC[C@]2(C)C1. The Morgan fingerprint density at radius 3 is 2.21 bits per heavy atom. The van der Waals surface area contributed by atoms with Gasteiger partial charge in [-0.25, -0.2) is 4.79 Å². The van der Waals surface area contributed by atoms with Gasteiger partial charge in [-0.15, -0.1) is 0 Å². The molecule has 0 bridgehead atoms. The summed E-state index contributed by atoms with van der Waals surface area (Å²) in [4.78, 5) is 13.9. The van der Waals surface area contributed by atoms with Crippen LogP contribution in [0.1, 0.15) is 48.0 Å². The van der Waals surface area contributed by atoms with Gasteiger partial charge in [0.15, 0.2) is 0 Å². The van der Waals surface area contributed by atoms with Gasteiger partial charge in [-0.2, -0.15) is 21.6 Å². The number of allylic oxidation sites excluding steroid dienone is 2. The lowest BCUT2D eigenvalue weighted by Gasteiger charge is -2.49. The molecule has 1 heterocycles. The zero-order valence-corrected chi connectivity index (χ0v) is 17.6. The van der Waals surface area contributed by atoms with Gasteiger partial charge in [0.05, 0.1) is 0 Å². The molecule has 0 radical (unpaired) electrons. The molecule has 10 heteroatoms. The fraction of sp³-hybridized carbons (Fsp3) is 0.722. The number of halogens is 3. The van der Waals surface area contributed by atoms with E-state index < -0.39 is 38.2 Å². The summed E-state index contributed by atoms with van der Waals surface area (Å²) in [6.45, 7) is 10.9. The molecule has 2 aliphatic rings. The van der Waals surface area contributed by atoms with Crippen LogP contribution in [0.5, 0.6) is 0 Å². The van der Waals surface area contributed by atoms with Gasteiger partial charge in [0.25, 0.3) is 0 Å². The lowest BCUT2D eigenvalue weighted by Crippen LogP contribution is -2.50. The Hall–Kier alpha value is -1.71. The first-order valence-electron chi connectivity index (χ1n) is 8.79. The number of carbonyl (C=O) groups excluding carboxylic acids is 1. The molecule has 0 aromatic carbocycles. The summed E-state index contributed by atoms with van der Waals surface area (Å²) in [6.07, 6.45) is 2.85. The normalized spacial score (nSPS) is 25.4. The van der Waals surface area contributed by atoms with E-state index in [1.807, 2.05) is 6.92 Å². The summed E-state index contributed by atoms with van der Waals surface area (Å²) in [7, 11) is -5.75. The monoisotopic (exact) mass is 425 g/mol. The lowest BCUT2D eigenvalue weighted by molar-refractivity contribution is -0.0533. The Labute approximate surface area is 163 Å². The van der Waals surface area contributed by atoms with Gasteiger partial charge >= 0.3 is 21.7 Å². The van der Waals surface area contributed by atoms with Gasteiger partial charge in [-0.3, -0.25) is 0 Å². The van der Waals surface area contributed by atoms with E-state index in [-0.39, 0.29) is 18.7 Å². The van der Waals surface area contributed by atoms with E-state index in [1.54, 1.807) is 40.7 Å². The third-order valence-corrected chi connectivity index (χ3v) is 5.83. The summed E-state index contributed by atoms with van der Waals surface area (Å²) < 4.78 is 70.9. The number of ether oxygens (including phenoxy) is 1. The minimum Gasteiger partial charge on any atom is -0.444 e. The van der Waals surface area contributed by atoms with E-state index in [9.17, 15) is 26.4 Å². The molecule has 0 aromatic heterocycles. The molecule has 0 unspecified atom stereocenters. The number of hydrogen-bond donors (Lipinski definition) is 0. The van der Waals surface area contributed by atoms with Crippen molar-refractivity contribution in [2.45, 2.75) is 59.1 Å². The molecule has 28 heavy (non-hydrogen) atoms. The molecular formula is C18H26F3NO5S. The van der Waals surface area contributed by atoms with E-state index in [0.717, 1.165) is 5.57 Å². The maximum Gasteiger partial charge on any atom is 0.534 e. The van der Waals surface area contributed by atoms with Crippen LogP contribution in [-0.2, 0) is 19.0 Å². The largest absolute Gasteiger partial charge is 0.534 e. The second kappa shape index (κ2) is 6.67. The fourth-order valence-corrected chi connectivity index (χ4v) is 4.29. The first-order valence-corrected chi connectivity index (χ1v) is 10.2. The zero-order valence-electron chi connectivity index (χ0n) is 16.8. The van der Waals surface area contributed by atoms with Gasteiger partial charge in [0, 0.05) is 23.9 Å². The lowest BCUT2D eigenvalue weighted by atomic mass is 9.61. The van der Waals surface area contributed by atoms with Crippen molar-refractivity contribution in [1.82, 2.24) is 4.90 Å². The fourth-order valence-electron chi connectivity index (χ4n) is 3.68. The van der Waals surface area contributed by atoms with Gasteiger partial charge in [-0.1, -0.05) is 18.6 Å². The zero-order chi connectivity index (χ0) is 21.8. The Morgan fingerprint density at radius 2 is 1.71 bits per heavy atom. The van der Waals surface area contributed by atoms with Gasteiger partial charge in [-0.05, 0) is 47.1 Å². The van der Waals surface area contributed by atoms with Crippen LogP contribution in [0.4, 0.5) is 18.0 Å². The van der Waals surface area contributed by atoms with E-state index in [4.69, 9.17) is 4.74 Å². The molecule has 0 spiro atoms. The van der Waals surface area contributed by atoms with Crippen molar-refractivity contribution in [2.24, 2.45) is 10.8 Å². The van der Waals surface area contributed by atoms with E-state index in [1.165, 1.54) is 11.0 Å². The van der Waals surface area contributed by atoms with Crippen molar-refractivity contribution < 1.29 is 35.3 Å². The van der Waals surface area contributed by atoms with Crippen molar-refractivity contribution in [3.8, 4) is 0 Å². The second-order valence-corrected chi connectivity index (χ2v) is 10.5. The topological polar surface area (TPSA) is 72.9 Å². The first-order chi connectivity index (χ1) is 12.4. The van der Waals surface area contributed by atoms with E-state index >= 15 is 0 Å². The summed E-state index contributed by atoms with van der Waals surface area (Å²) in [5, 5.41) is 0. The molecule has 1 aliphatic carbocycles. The summed E-state index contributed by atoms with van der Waals surface area (Å²) in [5.74, 6) is -0.265. The standard InChI is InChI=1S/C18H26F3NO5S/c1-15(2,3)26-14(23)22-10-8-12-16(4,5)13(7-9-17(12,6)11-22)27-28(24,25)18(19,20)21/h7-8H,9-11H2,1-6H3/t17-/m1/s1. The van der Waals surface area contributed by atoms with Crippen LogP contribution < -0.4 is 0 Å². The molecule has 1 aliphatic heterocycles. The average molecular weight is 425 g/mol. The predicted molar refractivity (Wildman–Crippen MR) is 96.5 cm³/mol.